The zero-order valence-electron chi connectivity index (χ0n) is 12.5. The predicted molar refractivity (Wildman–Crippen MR) is 88.8 cm³/mol. The molecule has 0 saturated carbocycles. The quantitative estimate of drug-likeness (QED) is 0.643. The Morgan fingerprint density at radius 2 is 1.60 bits per heavy atom. The molecule has 2 aromatic rings. The summed E-state index contributed by atoms with van der Waals surface area (Å²) in [6, 6.07) is 19.5. The van der Waals surface area contributed by atoms with Gasteiger partial charge in [-0.3, -0.25) is 0 Å². The standard InChI is InChI=1S/C20H24/c1-3-17(2)16-20-14-12-19(13-15-20)11-7-10-18-8-5-4-6-9-18/h4-9,11-15,17H,3,10,16H2,1-2H3/b11-7-. The zero-order chi connectivity index (χ0) is 14.2. The molecular weight excluding hydrogens is 240 g/mol. The molecule has 0 radical (unpaired) electrons. The van der Waals surface area contributed by atoms with Crippen LogP contribution >= 0.6 is 0 Å². The molecule has 2 aromatic carbocycles. The zero-order valence-corrected chi connectivity index (χ0v) is 12.5. The first-order valence-corrected chi connectivity index (χ1v) is 7.57. The SMILES string of the molecule is CCC(C)Cc1ccc(/C=C\Cc2ccccc2)cc1. The molecule has 0 aliphatic heterocycles. The molecular formula is C20H24. The van der Waals surface area contributed by atoms with Crippen LogP contribution in [0.25, 0.3) is 6.08 Å². The highest BCUT2D eigenvalue weighted by Crippen LogP contribution is 2.13. The first-order chi connectivity index (χ1) is 9.78. The predicted octanol–water partition coefficient (Wildman–Crippen LogP) is 5.53. The van der Waals surface area contributed by atoms with Gasteiger partial charge < -0.3 is 0 Å². The monoisotopic (exact) mass is 264 g/mol. The highest BCUT2D eigenvalue weighted by atomic mass is 14.1. The lowest BCUT2D eigenvalue weighted by molar-refractivity contribution is 0.560. The van der Waals surface area contributed by atoms with Crippen LogP contribution in [0.3, 0.4) is 0 Å². The van der Waals surface area contributed by atoms with Gasteiger partial charge in [0.15, 0.2) is 0 Å². The second-order valence-corrected chi connectivity index (χ2v) is 5.55. The molecule has 0 fully saturated rings. The molecule has 0 bridgehead atoms. The van der Waals surface area contributed by atoms with E-state index in [1.54, 1.807) is 0 Å². The number of hydrogen-bond donors (Lipinski definition) is 0. The molecule has 2 rings (SSSR count). The van der Waals surface area contributed by atoms with Gasteiger partial charge in [-0.2, -0.15) is 0 Å². The van der Waals surface area contributed by atoms with Crippen LogP contribution < -0.4 is 0 Å². The topological polar surface area (TPSA) is 0 Å². The first-order valence-electron chi connectivity index (χ1n) is 7.57. The van der Waals surface area contributed by atoms with Crippen molar-refractivity contribution >= 4 is 6.08 Å². The van der Waals surface area contributed by atoms with Gasteiger partial charge in [0.2, 0.25) is 0 Å². The van der Waals surface area contributed by atoms with Crippen LogP contribution in [0.1, 0.15) is 37.0 Å². The van der Waals surface area contributed by atoms with Crippen LogP contribution in [0.5, 0.6) is 0 Å². The molecule has 0 aliphatic rings. The minimum absolute atomic E-state index is 0.773. The maximum Gasteiger partial charge on any atom is -0.00941 e. The average Bonchev–Trinajstić information content (AvgIpc) is 2.50. The van der Waals surface area contributed by atoms with Gasteiger partial charge in [0.25, 0.3) is 0 Å². The van der Waals surface area contributed by atoms with Gasteiger partial charge >= 0.3 is 0 Å². The van der Waals surface area contributed by atoms with E-state index in [4.69, 9.17) is 0 Å². The van der Waals surface area contributed by atoms with E-state index in [0.29, 0.717) is 0 Å². The van der Waals surface area contributed by atoms with Gasteiger partial charge in [-0.1, -0.05) is 87.0 Å². The lowest BCUT2D eigenvalue weighted by Gasteiger charge is -2.08. The molecule has 1 unspecified atom stereocenters. The fourth-order valence-electron chi connectivity index (χ4n) is 2.26. The molecule has 0 N–H and O–H groups in total. The fourth-order valence-corrected chi connectivity index (χ4v) is 2.26. The molecule has 0 amide bonds. The van der Waals surface area contributed by atoms with Crippen molar-refractivity contribution in [3.05, 3.63) is 77.4 Å². The van der Waals surface area contributed by atoms with Crippen molar-refractivity contribution < 1.29 is 0 Å². The number of benzene rings is 2. The third kappa shape index (κ3) is 4.70. The Labute approximate surface area is 123 Å². The normalized spacial score (nSPS) is 12.7. The van der Waals surface area contributed by atoms with Crippen LogP contribution in [-0.2, 0) is 12.8 Å². The number of hydrogen-bond acceptors (Lipinski definition) is 0. The van der Waals surface area contributed by atoms with Crippen molar-refractivity contribution in [3.63, 3.8) is 0 Å². The van der Waals surface area contributed by atoms with Gasteiger partial charge in [0, 0.05) is 0 Å². The van der Waals surface area contributed by atoms with E-state index in [1.807, 2.05) is 0 Å². The van der Waals surface area contributed by atoms with Crippen molar-refractivity contribution in [1.29, 1.82) is 0 Å². The summed E-state index contributed by atoms with van der Waals surface area (Å²) >= 11 is 0. The van der Waals surface area contributed by atoms with Crippen molar-refractivity contribution in [3.8, 4) is 0 Å². The van der Waals surface area contributed by atoms with E-state index in [2.05, 4.69) is 80.6 Å². The second kappa shape index (κ2) is 7.69. The molecule has 0 heteroatoms. The van der Waals surface area contributed by atoms with Crippen molar-refractivity contribution in [2.45, 2.75) is 33.1 Å². The lowest BCUT2D eigenvalue weighted by Crippen LogP contribution is -1.97. The number of rotatable bonds is 6. The third-order valence-electron chi connectivity index (χ3n) is 3.77. The molecule has 0 aromatic heterocycles. The van der Waals surface area contributed by atoms with E-state index >= 15 is 0 Å². The molecule has 20 heavy (non-hydrogen) atoms. The van der Waals surface area contributed by atoms with E-state index < -0.39 is 0 Å². The highest BCUT2D eigenvalue weighted by Gasteiger charge is 2.00. The van der Waals surface area contributed by atoms with E-state index in [-0.39, 0.29) is 0 Å². The van der Waals surface area contributed by atoms with Crippen LogP contribution in [0, 0.1) is 5.92 Å². The van der Waals surface area contributed by atoms with E-state index in [1.165, 1.54) is 29.5 Å². The first kappa shape index (κ1) is 14.6. The average molecular weight is 264 g/mol. The minimum Gasteiger partial charge on any atom is -0.0795 e. The van der Waals surface area contributed by atoms with Crippen molar-refractivity contribution in [1.82, 2.24) is 0 Å². The maximum absolute atomic E-state index is 2.31. The summed E-state index contributed by atoms with van der Waals surface area (Å²) in [5, 5.41) is 0. The Morgan fingerprint density at radius 3 is 2.25 bits per heavy atom. The molecule has 104 valence electrons. The van der Waals surface area contributed by atoms with Gasteiger partial charge in [-0.25, -0.2) is 0 Å². The summed E-state index contributed by atoms with van der Waals surface area (Å²) in [6.45, 7) is 4.57. The molecule has 0 saturated heterocycles. The van der Waals surface area contributed by atoms with Crippen molar-refractivity contribution in [2.75, 3.05) is 0 Å². The molecule has 1 atom stereocenters. The van der Waals surface area contributed by atoms with Gasteiger partial charge in [-0.05, 0) is 35.4 Å². The van der Waals surface area contributed by atoms with Crippen molar-refractivity contribution in [2.24, 2.45) is 5.92 Å². The van der Waals surface area contributed by atoms with Crippen LogP contribution in [-0.4, -0.2) is 0 Å². The smallest absolute Gasteiger partial charge is 0.00941 e. The maximum atomic E-state index is 2.31. The Kier molecular flexibility index (Phi) is 5.61. The van der Waals surface area contributed by atoms with Gasteiger partial charge in [0.1, 0.15) is 0 Å². The summed E-state index contributed by atoms with van der Waals surface area (Å²) < 4.78 is 0. The summed E-state index contributed by atoms with van der Waals surface area (Å²) in [6.07, 6.45) is 7.87. The van der Waals surface area contributed by atoms with E-state index in [0.717, 1.165) is 12.3 Å². The molecule has 0 aliphatic carbocycles. The van der Waals surface area contributed by atoms with Crippen LogP contribution in [0.4, 0.5) is 0 Å². The molecule has 0 nitrogen and oxygen atoms in total. The fraction of sp³-hybridized carbons (Fsp3) is 0.300. The Bertz CT molecular complexity index is 520. The summed E-state index contributed by atoms with van der Waals surface area (Å²) in [4.78, 5) is 0. The highest BCUT2D eigenvalue weighted by molar-refractivity contribution is 5.50. The Balaban J connectivity index is 1.90. The molecule has 0 spiro atoms. The van der Waals surface area contributed by atoms with Gasteiger partial charge in [0.05, 0.1) is 0 Å². The molecule has 0 heterocycles. The lowest BCUT2D eigenvalue weighted by atomic mass is 9.98. The van der Waals surface area contributed by atoms with E-state index in [9.17, 15) is 0 Å². The summed E-state index contributed by atoms with van der Waals surface area (Å²) in [5.74, 6) is 0.773. The van der Waals surface area contributed by atoms with Gasteiger partial charge in [-0.15, -0.1) is 0 Å². The number of allylic oxidation sites excluding steroid dienone is 1. The largest absolute Gasteiger partial charge is 0.0795 e. The third-order valence-corrected chi connectivity index (χ3v) is 3.77. The Hall–Kier alpha value is -1.82. The second-order valence-electron chi connectivity index (χ2n) is 5.55. The van der Waals surface area contributed by atoms with Crippen LogP contribution in [0.15, 0.2) is 60.7 Å². The minimum atomic E-state index is 0.773. The summed E-state index contributed by atoms with van der Waals surface area (Å²) in [7, 11) is 0. The Morgan fingerprint density at radius 1 is 0.900 bits per heavy atom. The summed E-state index contributed by atoms with van der Waals surface area (Å²) in [5.41, 5.74) is 4.09. The van der Waals surface area contributed by atoms with Crippen LogP contribution in [0.2, 0.25) is 0 Å².